The third-order valence-corrected chi connectivity index (χ3v) is 5.70. The molecule has 0 aromatic heterocycles. The summed E-state index contributed by atoms with van der Waals surface area (Å²) in [6, 6.07) is 5.82. The molecular formula is C17H27N3O3S. The highest BCUT2D eigenvalue weighted by Crippen LogP contribution is 2.29. The van der Waals surface area contributed by atoms with Crippen LogP contribution in [0.4, 0.5) is 0 Å². The van der Waals surface area contributed by atoms with Crippen molar-refractivity contribution in [1.82, 2.24) is 15.4 Å². The minimum absolute atomic E-state index is 0.139. The summed E-state index contributed by atoms with van der Waals surface area (Å²) in [5, 5.41) is 6.05. The van der Waals surface area contributed by atoms with Gasteiger partial charge >= 0.3 is 0 Å². The number of carbonyl (C=O) groups is 1. The molecule has 0 atom stereocenters. The van der Waals surface area contributed by atoms with Gasteiger partial charge in [-0.1, -0.05) is 0 Å². The SMILES string of the molecule is CNC(=O)c1ccc(S(=O)(=O)NC2CC(C)(C)NC(C)(C)C2)cc1. The van der Waals surface area contributed by atoms with Crippen LogP contribution < -0.4 is 15.4 Å². The fourth-order valence-corrected chi connectivity index (χ4v) is 4.86. The number of benzene rings is 1. The molecule has 1 aromatic rings. The number of carbonyl (C=O) groups excluding carboxylic acids is 1. The zero-order chi connectivity index (χ0) is 18.2. The van der Waals surface area contributed by atoms with Gasteiger partial charge in [-0.2, -0.15) is 0 Å². The number of rotatable bonds is 4. The van der Waals surface area contributed by atoms with Crippen molar-refractivity contribution < 1.29 is 13.2 Å². The molecule has 0 unspecified atom stereocenters. The molecule has 1 aliphatic rings. The largest absolute Gasteiger partial charge is 0.355 e. The lowest BCUT2D eigenvalue weighted by Crippen LogP contribution is -2.62. The van der Waals surface area contributed by atoms with E-state index < -0.39 is 10.0 Å². The van der Waals surface area contributed by atoms with Crippen molar-refractivity contribution in [2.45, 2.75) is 62.6 Å². The van der Waals surface area contributed by atoms with Crippen molar-refractivity contribution in [2.24, 2.45) is 0 Å². The van der Waals surface area contributed by atoms with E-state index in [2.05, 4.69) is 43.1 Å². The normalized spacial score (nSPS) is 20.5. The summed E-state index contributed by atoms with van der Waals surface area (Å²) in [6.45, 7) is 8.31. The minimum Gasteiger partial charge on any atom is -0.355 e. The molecule has 1 fully saturated rings. The van der Waals surface area contributed by atoms with Gasteiger partial charge in [0.05, 0.1) is 4.90 Å². The van der Waals surface area contributed by atoms with E-state index in [0.29, 0.717) is 18.4 Å². The summed E-state index contributed by atoms with van der Waals surface area (Å²) in [5.74, 6) is -0.242. The van der Waals surface area contributed by atoms with Gasteiger partial charge in [0, 0.05) is 29.7 Å². The van der Waals surface area contributed by atoms with Crippen molar-refractivity contribution in [2.75, 3.05) is 7.05 Å². The fourth-order valence-electron chi connectivity index (χ4n) is 3.62. The fraction of sp³-hybridized carbons (Fsp3) is 0.588. The summed E-state index contributed by atoms with van der Waals surface area (Å²) in [4.78, 5) is 11.7. The predicted octanol–water partition coefficient (Wildman–Crippen LogP) is 1.63. The van der Waals surface area contributed by atoms with Crippen LogP contribution in [0.25, 0.3) is 0 Å². The molecule has 3 N–H and O–H groups in total. The zero-order valence-corrected chi connectivity index (χ0v) is 15.8. The van der Waals surface area contributed by atoms with Crippen molar-refractivity contribution in [3.63, 3.8) is 0 Å². The molecule has 1 aliphatic heterocycles. The number of piperidine rings is 1. The second-order valence-corrected chi connectivity index (χ2v) is 9.44. The van der Waals surface area contributed by atoms with Crippen LogP contribution in [-0.2, 0) is 10.0 Å². The molecule has 24 heavy (non-hydrogen) atoms. The van der Waals surface area contributed by atoms with Gasteiger partial charge in [-0.3, -0.25) is 4.79 Å². The summed E-state index contributed by atoms with van der Waals surface area (Å²) in [5.41, 5.74) is 0.149. The summed E-state index contributed by atoms with van der Waals surface area (Å²) >= 11 is 0. The molecule has 0 spiro atoms. The van der Waals surface area contributed by atoms with Gasteiger partial charge in [0.1, 0.15) is 0 Å². The van der Waals surface area contributed by atoms with Crippen molar-refractivity contribution in [3.05, 3.63) is 29.8 Å². The Bertz CT molecular complexity index is 693. The second-order valence-electron chi connectivity index (χ2n) is 7.72. The van der Waals surface area contributed by atoms with Gasteiger partial charge < -0.3 is 10.6 Å². The number of hydrogen-bond donors (Lipinski definition) is 3. The lowest BCUT2D eigenvalue weighted by atomic mass is 9.80. The number of nitrogens with one attached hydrogen (secondary N) is 3. The molecule has 1 saturated heterocycles. The van der Waals surface area contributed by atoms with Gasteiger partial charge in [-0.05, 0) is 64.8 Å². The van der Waals surface area contributed by atoms with E-state index in [1.807, 2.05) is 0 Å². The Labute approximate surface area is 144 Å². The molecule has 7 heteroatoms. The Morgan fingerprint density at radius 3 is 2.04 bits per heavy atom. The van der Waals surface area contributed by atoms with E-state index >= 15 is 0 Å². The second kappa shape index (κ2) is 6.46. The smallest absolute Gasteiger partial charge is 0.251 e. The first-order valence-corrected chi connectivity index (χ1v) is 9.56. The van der Waals surface area contributed by atoms with Crippen molar-refractivity contribution in [3.8, 4) is 0 Å². The molecule has 0 radical (unpaired) electrons. The molecule has 1 aromatic carbocycles. The molecule has 1 heterocycles. The van der Waals surface area contributed by atoms with E-state index in [1.165, 1.54) is 31.3 Å². The van der Waals surface area contributed by atoms with E-state index in [4.69, 9.17) is 0 Å². The summed E-state index contributed by atoms with van der Waals surface area (Å²) in [6.07, 6.45) is 1.43. The maximum absolute atomic E-state index is 12.6. The van der Waals surface area contributed by atoms with Crippen LogP contribution in [0, 0.1) is 0 Å². The maximum Gasteiger partial charge on any atom is 0.251 e. The third kappa shape index (κ3) is 4.55. The minimum atomic E-state index is -3.62. The van der Waals surface area contributed by atoms with Gasteiger partial charge in [0.15, 0.2) is 0 Å². The van der Waals surface area contributed by atoms with E-state index in [0.717, 1.165) is 0 Å². The first kappa shape index (κ1) is 18.9. The molecule has 0 bridgehead atoms. The highest BCUT2D eigenvalue weighted by molar-refractivity contribution is 7.89. The standard InChI is InChI=1S/C17H27N3O3S/c1-16(2)10-13(11-17(3,4)20-16)19-24(22,23)14-8-6-12(7-9-14)15(21)18-5/h6-9,13,19-20H,10-11H2,1-5H3,(H,18,21). The lowest BCUT2D eigenvalue weighted by Gasteiger charge is -2.46. The van der Waals surface area contributed by atoms with Crippen molar-refractivity contribution >= 4 is 15.9 Å². The average molecular weight is 353 g/mol. The Morgan fingerprint density at radius 1 is 1.08 bits per heavy atom. The molecule has 0 saturated carbocycles. The van der Waals surface area contributed by atoms with Gasteiger partial charge in [-0.25, -0.2) is 13.1 Å². The van der Waals surface area contributed by atoms with Crippen LogP contribution in [0.1, 0.15) is 50.9 Å². The summed E-state index contributed by atoms with van der Waals surface area (Å²) < 4.78 is 28.1. The van der Waals surface area contributed by atoms with E-state index in [9.17, 15) is 13.2 Å². The predicted molar refractivity (Wildman–Crippen MR) is 94.5 cm³/mol. The Balaban J connectivity index is 2.17. The Kier molecular flexibility index (Phi) is 5.09. The molecule has 6 nitrogen and oxygen atoms in total. The van der Waals surface area contributed by atoms with Crippen LogP contribution in [-0.4, -0.2) is 38.5 Å². The van der Waals surface area contributed by atoms with Crippen LogP contribution in [0.3, 0.4) is 0 Å². The van der Waals surface area contributed by atoms with Gasteiger partial charge in [-0.15, -0.1) is 0 Å². The van der Waals surface area contributed by atoms with Crippen molar-refractivity contribution in [1.29, 1.82) is 0 Å². The highest BCUT2D eigenvalue weighted by atomic mass is 32.2. The van der Waals surface area contributed by atoms with Gasteiger partial charge in [0.25, 0.3) is 5.91 Å². The first-order valence-electron chi connectivity index (χ1n) is 8.08. The van der Waals surface area contributed by atoms with Crippen LogP contribution in [0.15, 0.2) is 29.2 Å². The number of amides is 1. The highest BCUT2D eigenvalue weighted by Gasteiger charge is 2.39. The average Bonchev–Trinajstić information content (AvgIpc) is 2.42. The van der Waals surface area contributed by atoms with Crippen LogP contribution in [0.5, 0.6) is 0 Å². The monoisotopic (exact) mass is 353 g/mol. The molecule has 1 amide bonds. The topological polar surface area (TPSA) is 87.3 Å². The maximum atomic E-state index is 12.6. The summed E-state index contributed by atoms with van der Waals surface area (Å²) in [7, 11) is -2.08. The molecule has 2 rings (SSSR count). The van der Waals surface area contributed by atoms with E-state index in [1.54, 1.807) is 0 Å². The number of hydrogen-bond acceptors (Lipinski definition) is 4. The Hall–Kier alpha value is -1.44. The molecule has 0 aliphatic carbocycles. The zero-order valence-electron chi connectivity index (χ0n) is 14.9. The first-order chi connectivity index (χ1) is 10.9. The Morgan fingerprint density at radius 2 is 1.58 bits per heavy atom. The van der Waals surface area contributed by atoms with Crippen LogP contribution in [0.2, 0.25) is 0 Å². The molecule has 134 valence electrons. The third-order valence-electron chi connectivity index (χ3n) is 4.17. The van der Waals surface area contributed by atoms with E-state index in [-0.39, 0.29) is 27.9 Å². The quantitative estimate of drug-likeness (QED) is 0.768. The molecular weight excluding hydrogens is 326 g/mol. The van der Waals surface area contributed by atoms with Gasteiger partial charge in [0.2, 0.25) is 10.0 Å². The number of sulfonamides is 1. The van der Waals surface area contributed by atoms with Crippen LogP contribution >= 0.6 is 0 Å². The lowest BCUT2D eigenvalue weighted by molar-refractivity contribution is 0.0963.